The van der Waals surface area contributed by atoms with Gasteiger partial charge in [0.05, 0.1) is 0 Å². The maximum Gasteiger partial charge on any atom is 0.122 e. The minimum Gasteiger partial charge on any atom is -0.492 e. The number of thioether (sulfide) groups is 1. The van der Waals surface area contributed by atoms with Crippen LogP contribution in [0.25, 0.3) is 0 Å². The molecule has 1 aromatic carbocycles. The van der Waals surface area contributed by atoms with Gasteiger partial charge < -0.3 is 4.74 Å². The van der Waals surface area contributed by atoms with Gasteiger partial charge in [0.1, 0.15) is 12.4 Å². The summed E-state index contributed by atoms with van der Waals surface area (Å²) in [6.07, 6.45) is 1.32. The molecule has 0 bridgehead atoms. The Hall–Kier alpha value is -0.630. The SMILES string of the molecule is Cc1ccc(OCC2CCS2)c(C)c1. The van der Waals surface area contributed by atoms with Crippen molar-refractivity contribution in [2.45, 2.75) is 25.5 Å². The van der Waals surface area contributed by atoms with Gasteiger partial charge in [-0.1, -0.05) is 17.7 Å². The molecule has 0 spiro atoms. The molecule has 1 unspecified atom stereocenters. The van der Waals surface area contributed by atoms with E-state index < -0.39 is 0 Å². The van der Waals surface area contributed by atoms with Crippen LogP contribution in [-0.2, 0) is 0 Å². The first kappa shape index (κ1) is 9.91. The number of hydrogen-bond donors (Lipinski definition) is 0. The van der Waals surface area contributed by atoms with Crippen molar-refractivity contribution in [3.05, 3.63) is 29.3 Å². The summed E-state index contributed by atoms with van der Waals surface area (Å²) in [6.45, 7) is 5.09. The van der Waals surface area contributed by atoms with Crippen molar-refractivity contribution in [1.82, 2.24) is 0 Å². The van der Waals surface area contributed by atoms with Gasteiger partial charge in [-0.3, -0.25) is 0 Å². The average Bonchev–Trinajstić information content (AvgIpc) is 2.05. The van der Waals surface area contributed by atoms with E-state index in [1.54, 1.807) is 0 Å². The molecular weight excluding hydrogens is 192 g/mol. The Labute approximate surface area is 89.9 Å². The second-order valence-electron chi connectivity index (χ2n) is 3.86. The molecule has 2 rings (SSSR count). The number of ether oxygens (including phenoxy) is 1. The van der Waals surface area contributed by atoms with E-state index in [2.05, 4.69) is 32.0 Å². The van der Waals surface area contributed by atoms with Crippen molar-refractivity contribution < 1.29 is 4.74 Å². The first-order valence-electron chi connectivity index (χ1n) is 5.07. The quantitative estimate of drug-likeness (QED) is 0.754. The molecule has 0 saturated carbocycles. The van der Waals surface area contributed by atoms with E-state index in [4.69, 9.17) is 4.74 Å². The molecule has 2 heteroatoms. The number of hydrogen-bond acceptors (Lipinski definition) is 2. The molecule has 0 amide bonds. The normalized spacial score (nSPS) is 20.3. The molecule has 76 valence electrons. The molecule has 14 heavy (non-hydrogen) atoms. The van der Waals surface area contributed by atoms with Gasteiger partial charge in [0.2, 0.25) is 0 Å². The van der Waals surface area contributed by atoms with Crippen molar-refractivity contribution in [1.29, 1.82) is 0 Å². The number of benzene rings is 1. The maximum absolute atomic E-state index is 5.77. The second-order valence-corrected chi connectivity index (χ2v) is 5.27. The lowest BCUT2D eigenvalue weighted by Crippen LogP contribution is -2.23. The molecule has 1 nitrogen and oxygen atoms in total. The Morgan fingerprint density at radius 3 is 2.79 bits per heavy atom. The summed E-state index contributed by atoms with van der Waals surface area (Å²) in [4.78, 5) is 0. The zero-order chi connectivity index (χ0) is 9.97. The van der Waals surface area contributed by atoms with Crippen LogP contribution >= 0.6 is 11.8 Å². The first-order chi connectivity index (χ1) is 6.75. The van der Waals surface area contributed by atoms with Crippen LogP contribution in [-0.4, -0.2) is 17.6 Å². The lowest BCUT2D eigenvalue weighted by molar-refractivity contribution is 0.309. The Morgan fingerprint density at radius 1 is 1.43 bits per heavy atom. The topological polar surface area (TPSA) is 9.23 Å². The van der Waals surface area contributed by atoms with E-state index in [1.807, 2.05) is 11.8 Å². The second kappa shape index (κ2) is 4.26. The van der Waals surface area contributed by atoms with Gasteiger partial charge in [-0.25, -0.2) is 0 Å². The van der Waals surface area contributed by atoms with Crippen LogP contribution in [0.3, 0.4) is 0 Å². The van der Waals surface area contributed by atoms with Gasteiger partial charge in [-0.15, -0.1) is 0 Å². The molecule has 1 aromatic rings. The molecule has 0 radical (unpaired) electrons. The zero-order valence-corrected chi connectivity index (χ0v) is 9.56. The molecule has 1 heterocycles. The van der Waals surface area contributed by atoms with Crippen LogP contribution in [0.2, 0.25) is 0 Å². The predicted molar refractivity (Wildman–Crippen MR) is 62.3 cm³/mol. The lowest BCUT2D eigenvalue weighted by Gasteiger charge is -2.25. The highest BCUT2D eigenvalue weighted by Gasteiger charge is 2.18. The van der Waals surface area contributed by atoms with Crippen molar-refractivity contribution in [2.75, 3.05) is 12.4 Å². The fraction of sp³-hybridized carbons (Fsp3) is 0.500. The van der Waals surface area contributed by atoms with Crippen molar-refractivity contribution in [2.24, 2.45) is 0 Å². The lowest BCUT2D eigenvalue weighted by atomic mass is 10.1. The monoisotopic (exact) mass is 208 g/mol. The molecular formula is C12H16OS. The smallest absolute Gasteiger partial charge is 0.122 e. The van der Waals surface area contributed by atoms with E-state index in [1.165, 1.54) is 23.3 Å². The first-order valence-corrected chi connectivity index (χ1v) is 6.12. The Morgan fingerprint density at radius 2 is 2.21 bits per heavy atom. The van der Waals surface area contributed by atoms with Crippen LogP contribution in [0, 0.1) is 13.8 Å². The van der Waals surface area contributed by atoms with Gasteiger partial charge in [0.25, 0.3) is 0 Å². The summed E-state index contributed by atoms with van der Waals surface area (Å²) in [5, 5.41) is 0.732. The van der Waals surface area contributed by atoms with Crippen molar-refractivity contribution in [3.8, 4) is 5.75 Å². The number of rotatable bonds is 3. The Bertz CT molecular complexity index is 318. The summed E-state index contributed by atoms with van der Waals surface area (Å²) in [7, 11) is 0. The summed E-state index contributed by atoms with van der Waals surface area (Å²) >= 11 is 2.01. The molecule has 1 aliphatic rings. The van der Waals surface area contributed by atoms with Crippen LogP contribution in [0.1, 0.15) is 17.5 Å². The van der Waals surface area contributed by atoms with E-state index in [0.29, 0.717) is 0 Å². The summed E-state index contributed by atoms with van der Waals surface area (Å²) in [5.74, 6) is 2.35. The van der Waals surface area contributed by atoms with E-state index in [0.717, 1.165) is 17.6 Å². The van der Waals surface area contributed by atoms with Gasteiger partial charge in [-0.2, -0.15) is 11.8 Å². The summed E-state index contributed by atoms with van der Waals surface area (Å²) < 4.78 is 5.77. The van der Waals surface area contributed by atoms with Crippen molar-refractivity contribution >= 4 is 11.8 Å². The molecule has 1 saturated heterocycles. The molecule has 1 aliphatic heterocycles. The minimum absolute atomic E-state index is 0.732. The summed E-state index contributed by atoms with van der Waals surface area (Å²) in [5.41, 5.74) is 2.54. The highest BCUT2D eigenvalue weighted by atomic mass is 32.2. The van der Waals surface area contributed by atoms with Crippen LogP contribution in [0.5, 0.6) is 5.75 Å². The van der Waals surface area contributed by atoms with Crippen LogP contribution in [0.4, 0.5) is 0 Å². The van der Waals surface area contributed by atoms with Gasteiger partial charge in [-0.05, 0) is 37.7 Å². The third kappa shape index (κ3) is 2.24. The predicted octanol–water partition coefficient (Wildman–Crippen LogP) is 3.19. The van der Waals surface area contributed by atoms with Crippen LogP contribution in [0.15, 0.2) is 18.2 Å². The third-order valence-electron chi connectivity index (χ3n) is 2.55. The highest BCUT2D eigenvalue weighted by molar-refractivity contribution is 8.01. The van der Waals surface area contributed by atoms with E-state index in [-0.39, 0.29) is 0 Å². The molecule has 1 atom stereocenters. The van der Waals surface area contributed by atoms with Gasteiger partial charge in [0.15, 0.2) is 0 Å². The maximum atomic E-state index is 5.77. The Balaban J connectivity index is 1.94. The fourth-order valence-electron chi connectivity index (χ4n) is 1.56. The Kier molecular flexibility index (Phi) is 3.02. The minimum atomic E-state index is 0.732. The number of aryl methyl sites for hydroxylation is 2. The zero-order valence-electron chi connectivity index (χ0n) is 8.75. The van der Waals surface area contributed by atoms with Gasteiger partial charge in [0, 0.05) is 5.25 Å². The van der Waals surface area contributed by atoms with E-state index in [9.17, 15) is 0 Å². The molecule has 0 aliphatic carbocycles. The molecule has 1 fully saturated rings. The van der Waals surface area contributed by atoms with Crippen LogP contribution < -0.4 is 4.74 Å². The fourth-order valence-corrected chi connectivity index (χ4v) is 2.29. The standard InChI is InChI=1S/C12H16OS/c1-9-3-4-12(10(2)7-9)13-8-11-5-6-14-11/h3-4,7,11H,5-6,8H2,1-2H3. The van der Waals surface area contributed by atoms with Crippen molar-refractivity contribution in [3.63, 3.8) is 0 Å². The highest BCUT2D eigenvalue weighted by Crippen LogP contribution is 2.29. The molecule has 0 aromatic heterocycles. The third-order valence-corrected chi connectivity index (χ3v) is 3.86. The van der Waals surface area contributed by atoms with E-state index >= 15 is 0 Å². The average molecular weight is 208 g/mol. The van der Waals surface area contributed by atoms with Gasteiger partial charge >= 0.3 is 0 Å². The molecule has 0 N–H and O–H groups in total. The largest absolute Gasteiger partial charge is 0.492 e. The summed E-state index contributed by atoms with van der Waals surface area (Å²) in [6, 6.07) is 6.35.